The largest absolute Gasteiger partial charge is 0.393 e. The van der Waals surface area contributed by atoms with Crippen LogP contribution in [0.1, 0.15) is 6.42 Å². The van der Waals surface area contributed by atoms with Gasteiger partial charge in [-0.15, -0.1) is 0 Å². The van der Waals surface area contributed by atoms with E-state index < -0.39 is 43.7 Å². The minimum Gasteiger partial charge on any atom is -0.316 e. The summed E-state index contributed by atoms with van der Waals surface area (Å²) in [5.41, 5.74) is 0. The first-order valence-corrected chi connectivity index (χ1v) is 4.05. The van der Waals surface area contributed by atoms with Gasteiger partial charge >= 0.3 is 12.4 Å². The van der Waals surface area contributed by atoms with E-state index >= 15 is 0 Å². The van der Waals surface area contributed by atoms with Crippen molar-refractivity contribution in [2.24, 2.45) is 11.8 Å². The SMILES string of the molecule is FC(F)(F)[C@@H]1CNC[C@@H](C(F)(F)F)C1. The smallest absolute Gasteiger partial charge is 0.316 e. The number of hydrogen-bond donors (Lipinski definition) is 1. The topological polar surface area (TPSA) is 12.0 Å². The van der Waals surface area contributed by atoms with Crippen LogP contribution in [0.2, 0.25) is 0 Å². The summed E-state index contributed by atoms with van der Waals surface area (Å²) in [4.78, 5) is 0. The van der Waals surface area contributed by atoms with Crippen LogP contribution in [0.3, 0.4) is 0 Å². The van der Waals surface area contributed by atoms with Crippen LogP contribution in [0, 0.1) is 11.8 Å². The van der Waals surface area contributed by atoms with Gasteiger partial charge in [0.25, 0.3) is 0 Å². The van der Waals surface area contributed by atoms with Gasteiger partial charge in [-0.2, -0.15) is 26.3 Å². The lowest BCUT2D eigenvalue weighted by atomic mass is 9.90. The van der Waals surface area contributed by atoms with E-state index in [1.54, 1.807) is 0 Å². The molecule has 0 radical (unpaired) electrons. The van der Waals surface area contributed by atoms with E-state index in [0.29, 0.717) is 0 Å². The van der Waals surface area contributed by atoms with Crippen LogP contribution in [0.25, 0.3) is 0 Å². The molecule has 84 valence electrons. The Morgan fingerprint density at radius 1 is 0.786 bits per heavy atom. The normalized spacial score (nSPS) is 30.4. The minimum atomic E-state index is -4.54. The van der Waals surface area contributed by atoms with Gasteiger partial charge in [0.1, 0.15) is 0 Å². The standard InChI is InChI=1S/C7H9F6N/c8-6(9,10)4-1-5(3-14-2-4)7(11,12)13/h4-5,14H,1-3H2/t4-,5-/m0/s1. The zero-order chi connectivity index (χ0) is 11.0. The minimum absolute atomic E-state index is 0.421. The fourth-order valence-electron chi connectivity index (χ4n) is 1.44. The Balaban J connectivity index is 2.61. The summed E-state index contributed by atoms with van der Waals surface area (Å²) in [5, 5.41) is 2.16. The van der Waals surface area contributed by atoms with Gasteiger partial charge in [0.2, 0.25) is 0 Å². The van der Waals surface area contributed by atoms with Crippen molar-refractivity contribution in [1.29, 1.82) is 0 Å². The summed E-state index contributed by atoms with van der Waals surface area (Å²) >= 11 is 0. The van der Waals surface area contributed by atoms with Gasteiger partial charge in [-0.05, 0) is 6.42 Å². The average Bonchev–Trinajstić information content (AvgIpc) is 2.01. The average molecular weight is 221 g/mol. The first-order chi connectivity index (χ1) is 6.21. The predicted molar refractivity (Wildman–Crippen MR) is 36.6 cm³/mol. The highest BCUT2D eigenvalue weighted by atomic mass is 19.4. The van der Waals surface area contributed by atoms with Crippen LogP contribution in [0.4, 0.5) is 26.3 Å². The van der Waals surface area contributed by atoms with Gasteiger partial charge < -0.3 is 5.32 Å². The highest BCUT2D eigenvalue weighted by molar-refractivity contribution is 4.83. The molecule has 2 atom stereocenters. The molecule has 0 aromatic rings. The van der Waals surface area contributed by atoms with E-state index in [-0.39, 0.29) is 0 Å². The molecule has 1 aliphatic rings. The Hall–Kier alpha value is -0.460. The maximum absolute atomic E-state index is 12.1. The fraction of sp³-hybridized carbons (Fsp3) is 1.00. The molecule has 1 heterocycles. The van der Waals surface area contributed by atoms with Crippen LogP contribution in [-0.4, -0.2) is 25.4 Å². The van der Waals surface area contributed by atoms with Gasteiger partial charge in [0.05, 0.1) is 11.8 Å². The fourth-order valence-corrected chi connectivity index (χ4v) is 1.44. The molecule has 1 saturated heterocycles. The maximum atomic E-state index is 12.1. The van der Waals surface area contributed by atoms with E-state index in [4.69, 9.17) is 0 Å². The Bertz CT molecular complexity index is 175. The van der Waals surface area contributed by atoms with Crippen LogP contribution in [0.5, 0.6) is 0 Å². The number of piperidine rings is 1. The van der Waals surface area contributed by atoms with Crippen molar-refractivity contribution in [2.75, 3.05) is 13.1 Å². The molecule has 1 aliphatic heterocycles. The lowest BCUT2D eigenvalue weighted by Crippen LogP contribution is -2.47. The number of hydrogen-bond acceptors (Lipinski definition) is 1. The van der Waals surface area contributed by atoms with Crippen LogP contribution < -0.4 is 5.32 Å². The van der Waals surface area contributed by atoms with Crippen molar-refractivity contribution in [3.63, 3.8) is 0 Å². The van der Waals surface area contributed by atoms with E-state index in [2.05, 4.69) is 5.32 Å². The van der Waals surface area contributed by atoms with Crippen LogP contribution in [0.15, 0.2) is 0 Å². The lowest BCUT2D eigenvalue weighted by Gasteiger charge is -2.32. The Kier molecular flexibility index (Phi) is 2.99. The quantitative estimate of drug-likeness (QED) is 0.619. The van der Waals surface area contributed by atoms with E-state index in [0.717, 1.165) is 0 Å². The number of nitrogens with one attached hydrogen (secondary N) is 1. The van der Waals surface area contributed by atoms with E-state index in [1.807, 2.05) is 0 Å². The zero-order valence-corrected chi connectivity index (χ0v) is 7.04. The third kappa shape index (κ3) is 2.76. The van der Waals surface area contributed by atoms with Crippen molar-refractivity contribution < 1.29 is 26.3 Å². The molecule has 0 aromatic heterocycles. The van der Waals surface area contributed by atoms with Gasteiger partial charge in [-0.25, -0.2) is 0 Å². The van der Waals surface area contributed by atoms with Gasteiger partial charge in [0, 0.05) is 13.1 Å². The molecule has 14 heavy (non-hydrogen) atoms. The summed E-state index contributed by atoms with van der Waals surface area (Å²) in [6, 6.07) is 0. The second-order valence-electron chi connectivity index (χ2n) is 3.37. The summed E-state index contributed by atoms with van der Waals surface area (Å²) in [7, 11) is 0. The van der Waals surface area contributed by atoms with Crippen molar-refractivity contribution >= 4 is 0 Å². The molecule has 0 unspecified atom stereocenters. The summed E-state index contributed by atoms with van der Waals surface area (Å²) < 4.78 is 72.6. The van der Waals surface area contributed by atoms with Crippen LogP contribution >= 0.6 is 0 Å². The Morgan fingerprint density at radius 2 is 1.14 bits per heavy atom. The monoisotopic (exact) mass is 221 g/mol. The molecule has 1 N–H and O–H groups in total. The second kappa shape index (κ2) is 3.60. The summed E-state index contributed by atoms with van der Waals surface area (Å²) in [5.74, 6) is -3.77. The molecular formula is C7H9F6N. The summed E-state index contributed by atoms with van der Waals surface area (Å²) in [6.07, 6.45) is -9.95. The summed E-state index contributed by atoms with van der Waals surface area (Å²) in [6.45, 7) is -0.841. The molecule has 1 fully saturated rings. The Morgan fingerprint density at radius 3 is 1.43 bits per heavy atom. The molecule has 1 nitrogen and oxygen atoms in total. The number of alkyl halides is 6. The first kappa shape index (κ1) is 11.6. The third-order valence-electron chi connectivity index (χ3n) is 2.28. The van der Waals surface area contributed by atoms with Crippen molar-refractivity contribution in [3.05, 3.63) is 0 Å². The molecule has 0 spiro atoms. The van der Waals surface area contributed by atoms with Crippen molar-refractivity contribution in [3.8, 4) is 0 Å². The van der Waals surface area contributed by atoms with Gasteiger partial charge in [0.15, 0.2) is 0 Å². The first-order valence-electron chi connectivity index (χ1n) is 4.05. The highest BCUT2D eigenvalue weighted by Gasteiger charge is 2.49. The van der Waals surface area contributed by atoms with Crippen molar-refractivity contribution in [2.45, 2.75) is 18.8 Å². The number of rotatable bonds is 0. The lowest BCUT2D eigenvalue weighted by molar-refractivity contribution is -0.217. The Labute approximate surface area is 76.5 Å². The highest BCUT2D eigenvalue weighted by Crippen LogP contribution is 2.38. The van der Waals surface area contributed by atoms with Gasteiger partial charge in [-0.1, -0.05) is 0 Å². The maximum Gasteiger partial charge on any atom is 0.393 e. The van der Waals surface area contributed by atoms with E-state index in [9.17, 15) is 26.3 Å². The van der Waals surface area contributed by atoms with Gasteiger partial charge in [-0.3, -0.25) is 0 Å². The molecule has 7 heteroatoms. The number of halogens is 6. The molecule has 0 aliphatic carbocycles. The van der Waals surface area contributed by atoms with E-state index in [1.165, 1.54) is 0 Å². The molecule has 0 amide bonds. The molecule has 0 aromatic carbocycles. The van der Waals surface area contributed by atoms with Crippen molar-refractivity contribution in [1.82, 2.24) is 5.32 Å². The predicted octanol–water partition coefficient (Wildman–Crippen LogP) is 2.34. The second-order valence-corrected chi connectivity index (χ2v) is 3.37. The molecule has 0 bridgehead atoms. The third-order valence-corrected chi connectivity index (χ3v) is 2.28. The molecule has 0 saturated carbocycles. The molecular weight excluding hydrogens is 212 g/mol. The zero-order valence-electron chi connectivity index (χ0n) is 7.04. The molecule has 1 rings (SSSR count). The van der Waals surface area contributed by atoms with Crippen LogP contribution in [-0.2, 0) is 0 Å².